The molecule has 0 amide bonds. The summed E-state index contributed by atoms with van der Waals surface area (Å²) < 4.78 is 0. The molecule has 0 atom stereocenters. The van der Waals surface area contributed by atoms with E-state index < -0.39 is 0 Å². The van der Waals surface area contributed by atoms with Crippen LogP contribution in [0.15, 0.2) is 48.5 Å². The molecule has 0 heterocycles. The number of carbonyl (C=O) groups excluding carboxylic acids is 1. The summed E-state index contributed by atoms with van der Waals surface area (Å²) in [5, 5.41) is 8.44. The molecule has 1 N–H and O–H groups in total. The van der Waals surface area contributed by atoms with E-state index in [-0.39, 0.29) is 29.5 Å². The maximum absolute atomic E-state index is 10.5. The van der Waals surface area contributed by atoms with Gasteiger partial charge in [-0.15, -0.1) is 0 Å². The molecule has 0 bridgehead atoms. The molecule has 0 aromatic heterocycles. The van der Waals surface area contributed by atoms with Gasteiger partial charge in [-0.25, -0.2) is 12.1 Å². The predicted octanol–water partition coefficient (Wildman–Crippen LogP) is 2.55. The summed E-state index contributed by atoms with van der Waals surface area (Å²) in [5.74, 6) is 0.134. The van der Waals surface area contributed by atoms with Gasteiger partial charge in [0.05, 0.1) is 0 Å². The zero-order valence-corrected chi connectivity index (χ0v) is 10.8. The van der Waals surface area contributed by atoms with Crippen LogP contribution in [0.2, 0.25) is 0 Å². The van der Waals surface area contributed by atoms with Crippen molar-refractivity contribution in [2.75, 3.05) is 6.61 Å². The maximum atomic E-state index is 10.5. The maximum Gasteiger partial charge on any atom is 0.105 e. The van der Waals surface area contributed by atoms with E-state index in [1.807, 2.05) is 48.5 Å². The standard InChI is InChI=1S/C7H7O.C7H9O.Fe/c1-6(8)7-4-2-3-5-7;8-6-5-7-3-1-2-4-7;/h2-5H,1H3;1-4,8H,5-6H2;/q-1;-5;. The summed E-state index contributed by atoms with van der Waals surface area (Å²) in [7, 11) is 0. The normalized spacial score (nSPS) is 8.82. The zero-order valence-electron chi connectivity index (χ0n) is 9.74. The van der Waals surface area contributed by atoms with Gasteiger partial charge >= 0.3 is 0 Å². The number of aliphatic hydroxyl groups is 1. The summed E-state index contributed by atoms with van der Waals surface area (Å²) >= 11 is 0. The van der Waals surface area contributed by atoms with E-state index in [0.29, 0.717) is 0 Å². The van der Waals surface area contributed by atoms with Crippen LogP contribution in [-0.2, 0) is 23.5 Å². The quantitative estimate of drug-likeness (QED) is 0.529. The third-order valence-electron chi connectivity index (χ3n) is 2.20. The molecule has 3 heteroatoms. The molecule has 0 aliphatic heterocycles. The van der Waals surface area contributed by atoms with Gasteiger partial charge < -0.3 is 39.7 Å². The van der Waals surface area contributed by atoms with E-state index in [9.17, 15) is 4.79 Å². The first-order valence-corrected chi connectivity index (χ1v) is 5.28. The predicted molar refractivity (Wildman–Crippen MR) is 64.9 cm³/mol. The Bertz CT molecular complexity index is 388. The smallest absolute Gasteiger partial charge is 0.105 e. The van der Waals surface area contributed by atoms with Crippen LogP contribution in [0.25, 0.3) is 0 Å². The van der Waals surface area contributed by atoms with Crippen molar-refractivity contribution in [3.8, 4) is 0 Å². The van der Waals surface area contributed by atoms with E-state index >= 15 is 0 Å². The van der Waals surface area contributed by atoms with Crippen LogP contribution in [0.1, 0.15) is 22.8 Å². The minimum atomic E-state index is 0. The number of ketones is 1. The number of rotatable bonds is 3. The molecule has 0 saturated heterocycles. The van der Waals surface area contributed by atoms with Gasteiger partial charge in [0.15, 0.2) is 0 Å². The molecule has 2 aromatic carbocycles. The molecule has 0 unspecified atom stereocenters. The first-order chi connectivity index (χ1) is 7.74. The Morgan fingerprint density at radius 1 is 1.24 bits per heavy atom. The van der Waals surface area contributed by atoms with Crippen molar-refractivity contribution in [3.05, 3.63) is 59.7 Å². The minimum absolute atomic E-state index is 0. The van der Waals surface area contributed by atoms with Crippen molar-refractivity contribution in [2.45, 2.75) is 13.3 Å². The third kappa shape index (κ3) is 6.22. The van der Waals surface area contributed by atoms with E-state index in [1.165, 1.54) is 5.56 Å². The number of hydrogen-bond acceptors (Lipinski definition) is 2. The van der Waals surface area contributed by atoms with E-state index in [1.54, 1.807) is 6.92 Å². The van der Waals surface area contributed by atoms with Gasteiger partial charge in [-0.3, -0.25) is 0 Å². The molecule has 2 rings (SSSR count). The molecule has 0 aliphatic rings. The van der Waals surface area contributed by atoms with Crippen LogP contribution < -0.4 is 0 Å². The van der Waals surface area contributed by atoms with E-state index in [0.717, 1.165) is 12.0 Å². The van der Waals surface area contributed by atoms with E-state index in [2.05, 4.69) is 0 Å². The average Bonchev–Trinajstić information content (AvgIpc) is 2.91. The van der Waals surface area contributed by atoms with Crippen molar-refractivity contribution in [2.24, 2.45) is 0 Å². The Morgan fingerprint density at radius 2 is 1.76 bits per heavy atom. The molecule has 2 nitrogen and oxygen atoms in total. The Hall–Kier alpha value is -1.15. The fourth-order valence-electron chi connectivity index (χ4n) is 1.32. The van der Waals surface area contributed by atoms with Gasteiger partial charge in [-0.2, -0.15) is 18.6 Å². The second-order valence-electron chi connectivity index (χ2n) is 3.50. The van der Waals surface area contributed by atoms with Gasteiger partial charge in [-0.1, -0.05) is 5.56 Å². The van der Waals surface area contributed by atoms with Crippen molar-refractivity contribution in [1.82, 2.24) is 0 Å². The number of Topliss-reactive ketones (excluding diaryl/α,β-unsaturated/α-hetero) is 1. The van der Waals surface area contributed by atoms with Crippen molar-refractivity contribution >= 4 is 5.78 Å². The number of carbonyl (C=O) groups is 1. The molecule has 0 spiro atoms. The molecule has 2 aromatic rings. The van der Waals surface area contributed by atoms with Gasteiger partial charge in [0.1, 0.15) is 5.78 Å². The molecular weight excluding hydrogens is 256 g/mol. The molecular formula is C14H16FeO2-6. The van der Waals surface area contributed by atoms with Gasteiger partial charge in [0.2, 0.25) is 0 Å². The topological polar surface area (TPSA) is 37.3 Å². The van der Waals surface area contributed by atoms with Gasteiger partial charge in [-0.05, 0) is 6.92 Å². The Morgan fingerprint density at radius 3 is 2.12 bits per heavy atom. The first kappa shape index (κ1) is 15.8. The monoisotopic (exact) mass is 272 g/mol. The number of hydrogen-bond donors (Lipinski definition) is 1. The largest absolute Gasteiger partial charge is 0.748 e. The zero-order chi connectivity index (χ0) is 11.8. The van der Waals surface area contributed by atoms with Crippen molar-refractivity contribution in [3.63, 3.8) is 0 Å². The molecule has 0 fully saturated rings. The SMILES string of the molecule is CC(=O)[c-]1cccc1.OCC[c-]1[cH-][cH-][cH-][cH-]1.[Fe]. The summed E-state index contributed by atoms with van der Waals surface area (Å²) in [6.45, 7) is 1.82. The Labute approximate surface area is 112 Å². The van der Waals surface area contributed by atoms with Crippen LogP contribution >= 0.6 is 0 Å². The molecule has 98 valence electrons. The number of aliphatic hydroxyl groups excluding tert-OH is 1. The summed E-state index contributed by atoms with van der Waals surface area (Å²) in [4.78, 5) is 10.5. The molecule has 0 saturated carbocycles. The average molecular weight is 272 g/mol. The van der Waals surface area contributed by atoms with Crippen molar-refractivity contribution in [1.29, 1.82) is 0 Å². The summed E-state index contributed by atoms with van der Waals surface area (Å²) in [5.41, 5.74) is 2.01. The molecule has 0 radical (unpaired) electrons. The second kappa shape index (κ2) is 8.94. The van der Waals surface area contributed by atoms with Crippen LogP contribution in [0.4, 0.5) is 0 Å². The van der Waals surface area contributed by atoms with Crippen LogP contribution in [0.5, 0.6) is 0 Å². The van der Waals surface area contributed by atoms with Crippen LogP contribution in [0, 0.1) is 0 Å². The Kier molecular flexibility index (Phi) is 8.33. The van der Waals surface area contributed by atoms with Crippen LogP contribution in [0.3, 0.4) is 0 Å². The fourth-order valence-corrected chi connectivity index (χ4v) is 1.32. The van der Waals surface area contributed by atoms with Crippen molar-refractivity contribution < 1.29 is 27.0 Å². The fraction of sp³-hybridized carbons (Fsp3) is 0.214. The minimum Gasteiger partial charge on any atom is -0.748 e. The van der Waals surface area contributed by atoms with E-state index in [4.69, 9.17) is 5.11 Å². The summed E-state index contributed by atoms with van der Waals surface area (Å²) in [6.07, 6.45) is 0.785. The molecule has 0 aliphatic carbocycles. The third-order valence-corrected chi connectivity index (χ3v) is 2.20. The van der Waals surface area contributed by atoms with Gasteiger partial charge in [0.25, 0.3) is 0 Å². The van der Waals surface area contributed by atoms with Crippen LogP contribution in [-0.4, -0.2) is 17.5 Å². The Balaban J connectivity index is 0.000000284. The van der Waals surface area contributed by atoms with Gasteiger partial charge in [0, 0.05) is 23.7 Å². The second-order valence-corrected chi connectivity index (χ2v) is 3.50. The molecule has 17 heavy (non-hydrogen) atoms. The first-order valence-electron chi connectivity index (χ1n) is 5.28. The summed E-state index contributed by atoms with van der Waals surface area (Å²) in [6, 6.07) is 15.3.